The zero-order chi connectivity index (χ0) is 15.5. The Balaban J connectivity index is 1.77. The predicted molar refractivity (Wildman–Crippen MR) is 90.2 cm³/mol. The maximum absolute atomic E-state index is 12.4. The van der Waals surface area contributed by atoms with Crippen molar-refractivity contribution in [1.82, 2.24) is 15.6 Å². The van der Waals surface area contributed by atoms with Crippen molar-refractivity contribution in [2.75, 3.05) is 19.6 Å². The standard InChI is InChI=1S/C16H18BrN3O2/c17-11-1-2-14-12(7-11)13(8-15(21)20-14)16(22)19-6-4-10-3-5-18-9-10/h1-2,7-8,10,18H,3-6,9H2,(H,19,22)(H,20,21). The molecule has 0 aliphatic carbocycles. The number of aromatic amines is 1. The lowest BCUT2D eigenvalue weighted by Crippen LogP contribution is -2.27. The number of carbonyl (C=O) groups is 1. The number of H-pyrrole nitrogens is 1. The maximum atomic E-state index is 12.4. The molecular weight excluding hydrogens is 346 g/mol. The lowest BCUT2D eigenvalue weighted by molar-refractivity contribution is 0.0953. The van der Waals surface area contributed by atoms with Crippen molar-refractivity contribution in [3.8, 4) is 0 Å². The normalized spacial score (nSPS) is 17.8. The predicted octanol–water partition coefficient (Wildman–Crippen LogP) is 2.02. The van der Waals surface area contributed by atoms with Crippen molar-refractivity contribution >= 4 is 32.7 Å². The first kappa shape index (κ1) is 15.2. The maximum Gasteiger partial charge on any atom is 0.252 e. The molecule has 1 aromatic heterocycles. The molecule has 3 N–H and O–H groups in total. The van der Waals surface area contributed by atoms with Gasteiger partial charge in [-0.1, -0.05) is 15.9 Å². The summed E-state index contributed by atoms with van der Waals surface area (Å²) in [7, 11) is 0. The van der Waals surface area contributed by atoms with E-state index in [0.717, 1.165) is 35.8 Å². The lowest BCUT2D eigenvalue weighted by atomic mass is 10.0. The van der Waals surface area contributed by atoms with Gasteiger partial charge in [0.05, 0.1) is 5.56 Å². The van der Waals surface area contributed by atoms with Crippen molar-refractivity contribution < 1.29 is 4.79 Å². The average Bonchev–Trinajstić information content (AvgIpc) is 3.00. The van der Waals surface area contributed by atoms with Crippen LogP contribution in [0.5, 0.6) is 0 Å². The fourth-order valence-electron chi connectivity index (χ4n) is 2.86. The molecule has 1 saturated heterocycles. The summed E-state index contributed by atoms with van der Waals surface area (Å²) < 4.78 is 0.873. The third-order valence-electron chi connectivity index (χ3n) is 4.05. The number of fused-ring (bicyclic) bond motifs is 1. The molecule has 1 aromatic carbocycles. The van der Waals surface area contributed by atoms with E-state index in [1.165, 1.54) is 6.07 Å². The smallest absolute Gasteiger partial charge is 0.252 e. The number of halogens is 1. The highest BCUT2D eigenvalue weighted by molar-refractivity contribution is 9.10. The van der Waals surface area contributed by atoms with Crippen molar-refractivity contribution in [3.63, 3.8) is 0 Å². The third-order valence-corrected chi connectivity index (χ3v) is 4.54. The van der Waals surface area contributed by atoms with Crippen LogP contribution in [0.2, 0.25) is 0 Å². The third kappa shape index (κ3) is 3.39. The number of carbonyl (C=O) groups excluding carboxylic acids is 1. The number of hydrogen-bond donors (Lipinski definition) is 3. The van der Waals surface area contributed by atoms with E-state index >= 15 is 0 Å². The Hall–Kier alpha value is -1.66. The fraction of sp³-hybridized carbons (Fsp3) is 0.375. The first-order valence-electron chi connectivity index (χ1n) is 7.45. The van der Waals surface area contributed by atoms with Gasteiger partial charge in [-0.2, -0.15) is 0 Å². The molecule has 1 fully saturated rings. The molecule has 1 aliphatic heterocycles. The van der Waals surface area contributed by atoms with Gasteiger partial charge in [0.25, 0.3) is 5.91 Å². The van der Waals surface area contributed by atoms with E-state index in [2.05, 4.69) is 31.5 Å². The summed E-state index contributed by atoms with van der Waals surface area (Å²) in [5, 5.41) is 6.99. The molecule has 1 atom stereocenters. The molecule has 6 heteroatoms. The molecule has 0 radical (unpaired) electrons. The second-order valence-electron chi connectivity index (χ2n) is 5.64. The summed E-state index contributed by atoms with van der Waals surface area (Å²) in [6.45, 7) is 2.72. The summed E-state index contributed by atoms with van der Waals surface area (Å²) in [4.78, 5) is 26.9. The molecule has 1 amide bonds. The summed E-state index contributed by atoms with van der Waals surface area (Å²) in [6.07, 6.45) is 2.13. The van der Waals surface area contributed by atoms with E-state index < -0.39 is 0 Å². The average molecular weight is 364 g/mol. The Labute approximate surface area is 136 Å². The minimum atomic E-state index is -0.264. The highest BCUT2D eigenvalue weighted by atomic mass is 79.9. The van der Waals surface area contributed by atoms with Gasteiger partial charge in [0.15, 0.2) is 0 Å². The molecule has 1 unspecified atom stereocenters. The van der Waals surface area contributed by atoms with E-state index in [-0.39, 0.29) is 11.5 Å². The van der Waals surface area contributed by atoms with Gasteiger partial charge in [-0.15, -0.1) is 0 Å². The quantitative estimate of drug-likeness (QED) is 0.777. The fourth-order valence-corrected chi connectivity index (χ4v) is 3.22. The number of rotatable bonds is 4. The van der Waals surface area contributed by atoms with Crippen LogP contribution in [-0.2, 0) is 0 Å². The van der Waals surface area contributed by atoms with Crippen LogP contribution in [0.15, 0.2) is 33.5 Å². The number of benzene rings is 1. The highest BCUT2D eigenvalue weighted by Gasteiger charge is 2.16. The monoisotopic (exact) mass is 363 g/mol. The Kier molecular flexibility index (Phi) is 4.59. The van der Waals surface area contributed by atoms with Gasteiger partial charge in [-0.3, -0.25) is 9.59 Å². The van der Waals surface area contributed by atoms with Gasteiger partial charge in [-0.05, 0) is 50.0 Å². The molecule has 0 spiro atoms. The van der Waals surface area contributed by atoms with Gasteiger partial charge in [0.1, 0.15) is 0 Å². The zero-order valence-corrected chi connectivity index (χ0v) is 13.7. The second kappa shape index (κ2) is 6.62. The first-order chi connectivity index (χ1) is 10.6. The van der Waals surface area contributed by atoms with Crippen molar-refractivity contribution in [2.45, 2.75) is 12.8 Å². The Morgan fingerprint density at radius 1 is 1.36 bits per heavy atom. The molecule has 1 aliphatic rings. The zero-order valence-electron chi connectivity index (χ0n) is 12.1. The second-order valence-corrected chi connectivity index (χ2v) is 6.56. The van der Waals surface area contributed by atoms with Gasteiger partial charge < -0.3 is 15.6 Å². The minimum Gasteiger partial charge on any atom is -0.352 e. The number of aromatic nitrogens is 1. The topological polar surface area (TPSA) is 74.0 Å². The first-order valence-corrected chi connectivity index (χ1v) is 8.24. The number of nitrogens with one attached hydrogen (secondary N) is 3. The van der Waals surface area contributed by atoms with Crippen LogP contribution in [0.4, 0.5) is 0 Å². The molecule has 2 heterocycles. The summed E-state index contributed by atoms with van der Waals surface area (Å²) in [6, 6.07) is 6.84. The number of hydrogen-bond acceptors (Lipinski definition) is 3. The van der Waals surface area contributed by atoms with E-state index in [1.54, 1.807) is 6.07 Å². The number of amides is 1. The van der Waals surface area contributed by atoms with Crippen LogP contribution in [0.1, 0.15) is 23.2 Å². The summed E-state index contributed by atoms with van der Waals surface area (Å²) >= 11 is 3.40. The Morgan fingerprint density at radius 3 is 3.00 bits per heavy atom. The van der Waals surface area contributed by atoms with E-state index in [4.69, 9.17) is 0 Å². The van der Waals surface area contributed by atoms with Crippen LogP contribution < -0.4 is 16.2 Å². The number of pyridine rings is 1. The van der Waals surface area contributed by atoms with E-state index in [1.807, 2.05) is 12.1 Å². The Bertz CT molecular complexity index is 751. The molecule has 5 nitrogen and oxygen atoms in total. The largest absolute Gasteiger partial charge is 0.352 e. The minimum absolute atomic E-state index is 0.194. The lowest BCUT2D eigenvalue weighted by Gasteiger charge is -2.11. The molecule has 116 valence electrons. The highest BCUT2D eigenvalue weighted by Crippen LogP contribution is 2.20. The molecular formula is C16H18BrN3O2. The van der Waals surface area contributed by atoms with Crippen molar-refractivity contribution in [3.05, 3.63) is 44.7 Å². The summed E-state index contributed by atoms with van der Waals surface area (Å²) in [5.41, 5.74) is 0.824. The van der Waals surface area contributed by atoms with Gasteiger partial charge >= 0.3 is 0 Å². The summed E-state index contributed by atoms with van der Waals surface area (Å²) in [5.74, 6) is 0.436. The van der Waals surface area contributed by atoms with Crippen LogP contribution in [0.3, 0.4) is 0 Å². The molecule has 2 aromatic rings. The van der Waals surface area contributed by atoms with Gasteiger partial charge in [-0.25, -0.2) is 0 Å². The SMILES string of the molecule is O=C(NCCC1CCNC1)c1cc(=O)[nH]c2ccc(Br)cc12. The van der Waals surface area contributed by atoms with Crippen molar-refractivity contribution in [2.24, 2.45) is 5.92 Å². The van der Waals surface area contributed by atoms with Crippen LogP contribution >= 0.6 is 15.9 Å². The van der Waals surface area contributed by atoms with Gasteiger partial charge in [0.2, 0.25) is 5.56 Å². The van der Waals surface area contributed by atoms with Crippen LogP contribution in [-0.4, -0.2) is 30.5 Å². The molecule has 3 rings (SSSR count). The Morgan fingerprint density at radius 2 is 2.23 bits per heavy atom. The van der Waals surface area contributed by atoms with Crippen molar-refractivity contribution in [1.29, 1.82) is 0 Å². The van der Waals surface area contributed by atoms with E-state index in [0.29, 0.717) is 23.5 Å². The van der Waals surface area contributed by atoms with Crippen LogP contribution in [0, 0.1) is 5.92 Å². The molecule has 0 bridgehead atoms. The molecule has 22 heavy (non-hydrogen) atoms. The molecule has 0 saturated carbocycles. The van der Waals surface area contributed by atoms with E-state index in [9.17, 15) is 9.59 Å². The van der Waals surface area contributed by atoms with Crippen LogP contribution in [0.25, 0.3) is 10.9 Å². The van der Waals surface area contributed by atoms with Gasteiger partial charge in [0, 0.05) is 28.0 Å².